The number of nitrogens with zero attached hydrogens (tertiary/aromatic N) is 3. The maximum atomic E-state index is 15.9. The van der Waals surface area contributed by atoms with E-state index in [2.05, 4.69) is 20.4 Å². The van der Waals surface area contributed by atoms with Crippen LogP contribution in [0.1, 0.15) is 36.0 Å². The van der Waals surface area contributed by atoms with Crippen molar-refractivity contribution in [3.8, 4) is 17.2 Å². The summed E-state index contributed by atoms with van der Waals surface area (Å²) < 4.78 is 30.2. The summed E-state index contributed by atoms with van der Waals surface area (Å²) in [5, 5.41) is 8.01. The number of pyridine rings is 1. The number of para-hydroxylation sites is 1. The molecule has 1 amide bonds. The molecule has 1 fully saturated rings. The summed E-state index contributed by atoms with van der Waals surface area (Å²) in [5.74, 6) is -0.381. The molecular formula is C34H36FN5O4. The molecule has 1 saturated heterocycles. The average Bonchev–Trinajstić information content (AvgIpc) is 3.66. The standard InChI is InChI=1S/C34H36FN5O4/c1-38(2)13-6-5-11-37-34(42)24-20-40-26-19-28-22(21-9-3-4-10-27(21)43-28)18-29(26)44-33-30(36-12-16-39-14-7-8-15-39)25(35)17-23(31(33)40)32(24)41/h3-4,9-10,17-20,36H,5-8,11-16H2,1-2H3,(H,37,42). The zero-order chi connectivity index (χ0) is 30.4. The number of anilines is 1. The van der Waals surface area contributed by atoms with Gasteiger partial charge in [0.05, 0.1) is 11.1 Å². The van der Waals surface area contributed by atoms with Gasteiger partial charge in [-0.2, -0.15) is 0 Å². The Morgan fingerprint density at radius 2 is 1.82 bits per heavy atom. The number of likely N-dealkylation sites (tertiary alicyclic amines) is 1. The minimum atomic E-state index is -0.600. The number of carbonyl (C=O) groups excluding carboxylic acids is 1. The van der Waals surface area contributed by atoms with Gasteiger partial charge >= 0.3 is 0 Å². The molecule has 0 atom stereocenters. The first-order valence-electron chi connectivity index (χ1n) is 15.3. The molecule has 0 radical (unpaired) electrons. The lowest BCUT2D eigenvalue weighted by atomic mass is 10.0. The van der Waals surface area contributed by atoms with Gasteiger partial charge in [-0.3, -0.25) is 9.59 Å². The van der Waals surface area contributed by atoms with Crippen molar-refractivity contribution in [3.05, 3.63) is 70.3 Å². The molecule has 2 aliphatic heterocycles. The van der Waals surface area contributed by atoms with Crippen molar-refractivity contribution >= 4 is 44.4 Å². The number of aromatic nitrogens is 1. The van der Waals surface area contributed by atoms with E-state index in [9.17, 15) is 9.59 Å². The van der Waals surface area contributed by atoms with Crippen molar-refractivity contribution in [1.82, 2.24) is 19.7 Å². The Labute approximate surface area is 254 Å². The molecule has 0 spiro atoms. The number of benzene rings is 3. The van der Waals surface area contributed by atoms with Crippen LogP contribution in [-0.4, -0.2) is 73.6 Å². The smallest absolute Gasteiger partial charge is 0.256 e. The van der Waals surface area contributed by atoms with E-state index < -0.39 is 17.2 Å². The van der Waals surface area contributed by atoms with E-state index in [1.165, 1.54) is 18.9 Å². The molecule has 0 unspecified atom stereocenters. The maximum absolute atomic E-state index is 15.9. The summed E-state index contributed by atoms with van der Waals surface area (Å²) in [5.41, 5.74) is 1.99. The topological polar surface area (TPSA) is 92.0 Å². The second-order valence-electron chi connectivity index (χ2n) is 12.0. The predicted molar refractivity (Wildman–Crippen MR) is 171 cm³/mol. The Kier molecular flexibility index (Phi) is 7.47. The van der Waals surface area contributed by atoms with Gasteiger partial charge in [-0.15, -0.1) is 0 Å². The van der Waals surface area contributed by atoms with Crippen LogP contribution in [0.4, 0.5) is 10.1 Å². The largest absolute Gasteiger partial charge is 0.456 e. The fourth-order valence-corrected chi connectivity index (χ4v) is 6.36. The van der Waals surface area contributed by atoms with Crippen LogP contribution in [0.5, 0.6) is 11.5 Å². The fourth-order valence-electron chi connectivity index (χ4n) is 6.36. The van der Waals surface area contributed by atoms with Crippen LogP contribution in [-0.2, 0) is 0 Å². The van der Waals surface area contributed by atoms with E-state index >= 15 is 4.39 Å². The zero-order valence-corrected chi connectivity index (χ0v) is 25.0. The van der Waals surface area contributed by atoms with Gasteiger partial charge in [0.15, 0.2) is 17.3 Å². The van der Waals surface area contributed by atoms with Crippen molar-refractivity contribution in [2.45, 2.75) is 25.7 Å². The van der Waals surface area contributed by atoms with E-state index in [0.717, 1.165) is 55.4 Å². The van der Waals surface area contributed by atoms with Gasteiger partial charge in [0.25, 0.3) is 5.91 Å². The molecule has 228 valence electrons. The number of furan rings is 1. The summed E-state index contributed by atoms with van der Waals surface area (Å²) >= 11 is 0. The van der Waals surface area contributed by atoms with Gasteiger partial charge in [-0.1, -0.05) is 18.2 Å². The van der Waals surface area contributed by atoms with Crippen LogP contribution >= 0.6 is 0 Å². The lowest BCUT2D eigenvalue weighted by Gasteiger charge is -2.26. The summed E-state index contributed by atoms with van der Waals surface area (Å²) in [7, 11) is 4.01. The molecule has 5 aromatic rings. The molecule has 44 heavy (non-hydrogen) atoms. The zero-order valence-electron chi connectivity index (χ0n) is 25.0. The number of amides is 1. The third kappa shape index (κ3) is 5.07. The quantitative estimate of drug-likeness (QED) is 0.195. The maximum Gasteiger partial charge on any atom is 0.256 e. The summed E-state index contributed by atoms with van der Waals surface area (Å²) in [4.78, 5) is 31.5. The number of unbranched alkanes of at least 4 members (excludes halogenated alkanes) is 1. The monoisotopic (exact) mass is 597 g/mol. The van der Waals surface area contributed by atoms with E-state index in [4.69, 9.17) is 9.15 Å². The van der Waals surface area contributed by atoms with Crippen LogP contribution in [0.3, 0.4) is 0 Å². The number of carbonyl (C=O) groups is 1. The first kappa shape index (κ1) is 28.4. The molecule has 3 aromatic carbocycles. The van der Waals surface area contributed by atoms with E-state index in [1.807, 2.05) is 50.5 Å². The molecule has 2 aliphatic rings. The second-order valence-corrected chi connectivity index (χ2v) is 12.0. The Morgan fingerprint density at radius 1 is 1.00 bits per heavy atom. The van der Waals surface area contributed by atoms with E-state index in [-0.39, 0.29) is 22.4 Å². The molecule has 0 saturated carbocycles. The Morgan fingerprint density at radius 3 is 2.64 bits per heavy atom. The highest BCUT2D eigenvalue weighted by molar-refractivity contribution is 6.07. The molecule has 2 N–H and O–H groups in total. The highest BCUT2D eigenvalue weighted by atomic mass is 19.1. The first-order valence-corrected chi connectivity index (χ1v) is 15.3. The Bertz CT molecular complexity index is 1960. The highest BCUT2D eigenvalue weighted by Crippen LogP contribution is 2.47. The van der Waals surface area contributed by atoms with Crippen molar-refractivity contribution in [2.24, 2.45) is 0 Å². The molecule has 7 rings (SSSR count). The predicted octanol–water partition coefficient (Wildman–Crippen LogP) is 5.71. The number of rotatable bonds is 10. The molecule has 4 heterocycles. The van der Waals surface area contributed by atoms with E-state index in [1.54, 1.807) is 10.8 Å². The van der Waals surface area contributed by atoms with Crippen LogP contribution < -0.4 is 20.8 Å². The normalized spacial score (nSPS) is 14.5. The Hall–Kier alpha value is -4.41. The van der Waals surface area contributed by atoms with Crippen LogP contribution in [0, 0.1) is 5.82 Å². The SMILES string of the molecule is CN(C)CCCCNC(=O)c1cn2c3c(c(NCCN4CCCC4)c(F)cc3c1=O)Oc1cc3c(cc1-2)oc1ccccc13. The lowest BCUT2D eigenvalue weighted by molar-refractivity contribution is 0.0951. The third-order valence-corrected chi connectivity index (χ3v) is 8.62. The molecule has 10 heteroatoms. The van der Waals surface area contributed by atoms with Crippen molar-refractivity contribution in [3.63, 3.8) is 0 Å². The minimum Gasteiger partial charge on any atom is -0.456 e. The van der Waals surface area contributed by atoms with Crippen molar-refractivity contribution in [2.75, 3.05) is 58.7 Å². The summed E-state index contributed by atoms with van der Waals surface area (Å²) in [6.45, 7) is 4.71. The van der Waals surface area contributed by atoms with Gasteiger partial charge in [-0.25, -0.2) is 4.39 Å². The summed E-state index contributed by atoms with van der Waals surface area (Å²) in [6, 6.07) is 12.7. The molecule has 0 aliphatic carbocycles. The molecular weight excluding hydrogens is 561 g/mol. The second kappa shape index (κ2) is 11.6. The van der Waals surface area contributed by atoms with Gasteiger partial charge in [0.2, 0.25) is 5.43 Å². The number of nitrogens with one attached hydrogen (secondary N) is 2. The number of hydrogen-bond donors (Lipinski definition) is 2. The third-order valence-electron chi connectivity index (χ3n) is 8.62. The fraction of sp³-hybridized carbons (Fsp3) is 0.353. The van der Waals surface area contributed by atoms with Crippen LogP contribution in [0.15, 0.2) is 57.9 Å². The molecule has 0 bridgehead atoms. The summed E-state index contributed by atoms with van der Waals surface area (Å²) in [6.07, 6.45) is 5.58. The van der Waals surface area contributed by atoms with Crippen molar-refractivity contribution in [1.29, 1.82) is 0 Å². The number of hydrogen-bond acceptors (Lipinski definition) is 7. The molecule has 9 nitrogen and oxygen atoms in total. The number of ether oxygens (including phenoxy) is 1. The average molecular weight is 598 g/mol. The van der Waals surface area contributed by atoms with Crippen LogP contribution in [0.25, 0.3) is 38.5 Å². The highest BCUT2D eigenvalue weighted by Gasteiger charge is 2.29. The number of halogens is 1. The lowest BCUT2D eigenvalue weighted by Crippen LogP contribution is -2.31. The number of fused-ring (bicyclic) bond motifs is 5. The minimum absolute atomic E-state index is 0.0530. The van der Waals surface area contributed by atoms with Gasteiger partial charge in [0, 0.05) is 42.7 Å². The van der Waals surface area contributed by atoms with E-state index in [0.29, 0.717) is 35.6 Å². The molecule has 2 aromatic heterocycles. The first-order chi connectivity index (χ1) is 21.4. The van der Waals surface area contributed by atoms with Crippen molar-refractivity contribution < 1.29 is 18.3 Å². The Balaban J connectivity index is 1.33. The van der Waals surface area contributed by atoms with Gasteiger partial charge < -0.3 is 34.2 Å². The van der Waals surface area contributed by atoms with Crippen LogP contribution in [0.2, 0.25) is 0 Å². The van der Waals surface area contributed by atoms with Gasteiger partial charge in [0.1, 0.15) is 27.9 Å². The van der Waals surface area contributed by atoms with Gasteiger partial charge in [-0.05, 0) is 77.6 Å².